The van der Waals surface area contributed by atoms with E-state index < -0.39 is 0 Å². The highest BCUT2D eigenvalue weighted by atomic mass is 127. The van der Waals surface area contributed by atoms with Crippen LogP contribution in [-0.2, 0) is 0 Å². The lowest BCUT2D eigenvalue weighted by atomic mass is 10.1. The molecule has 1 aromatic carbocycles. The van der Waals surface area contributed by atoms with Crippen LogP contribution in [0, 0.1) is 0 Å². The highest BCUT2D eigenvalue weighted by Crippen LogP contribution is 2.38. The predicted molar refractivity (Wildman–Crippen MR) is 61.4 cm³/mol. The molecular weight excluding hydrogens is 279 g/mol. The van der Waals surface area contributed by atoms with Crippen molar-refractivity contribution in [3.8, 4) is 11.5 Å². The lowest BCUT2D eigenvalue weighted by Gasteiger charge is -2.11. The van der Waals surface area contributed by atoms with Crippen LogP contribution in [0.1, 0.15) is 29.3 Å². The Morgan fingerprint density at radius 3 is 2.69 bits per heavy atom. The molecule has 0 aliphatic rings. The van der Waals surface area contributed by atoms with Gasteiger partial charge in [0.2, 0.25) is 0 Å². The molecule has 72 valence electrons. The third-order valence-corrected chi connectivity index (χ3v) is 3.22. The number of benzene rings is 1. The second-order valence-electron chi connectivity index (χ2n) is 2.97. The summed E-state index contributed by atoms with van der Waals surface area (Å²) in [4.78, 5) is 0. The van der Waals surface area contributed by atoms with Gasteiger partial charge in [-0.3, -0.25) is 0 Å². The summed E-state index contributed by atoms with van der Waals surface area (Å²) < 4.78 is 0.273. The molecule has 0 amide bonds. The molecule has 1 rings (SSSR count). The molecule has 0 radical (unpaired) electrons. The van der Waals surface area contributed by atoms with Gasteiger partial charge in [0.25, 0.3) is 0 Å². The maximum atomic E-state index is 9.54. The third kappa shape index (κ3) is 2.49. The number of halogens is 1. The fourth-order valence-electron chi connectivity index (χ4n) is 1.21. The molecule has 0 fully saturated rings. The molecule has 13 heavy (non-hydrogen) atoms. The number of rotatable bonds is 3. The highest BCUT2D eigenvalue weighted by molar-refractivity contribution is 14.1. The van der Waals surface area contributed by atoms with Crippen LogP contribution >= 0.6 is 22.6 Å². The van der Waals surface area contributed by atoms with Crippen molar-refractivity contribution in [2.24, 2.45) is 0 Å². The minimum Gasteiger partial charge on any atom is -0.504 e. The van der Waals surface area contributed by atoms with Gasteiger partial charge in [-0.1, -0.05) is 48.1 Å². The maximum Gasteiger partial charge on any atom is 0.161 e. The molecular formula is C10H13IO2. The van der Waals surface area contributed by atoms with Crippen LogP contribution in [0.5, 0.6) is 11.5 Å². The topological polar surface area (TPSA) is 40.5 Å². The lowest BCUT2D eigenvalue weighted by Crippen LogP contribution is -1.89. The van der Waals surface area contributed by atoms with Crippen molar-refractivity contribution in [1.29, 1.82) is 0 Å². The fraction of sp³-hybridized carbons (Fsp3) is 0.400. The predicted octanol–water partition coefficient (Wildman–Crippen LogP) is 3.37. The summed E-state index contributed by atoms with van der Waals surface area (Å²) in [5.74, 6) is -0.00869. The molecule has 1 unspecified atom stereocenters. The Bertz CT molecular complexity index is 286. The molecule has 0 aromatic heterocycles. The van der Waals surface area contributed by atoms with E-state index in [4.69, 9.17) is 0 Å². The van der Waals surface area contributed by atoms with Gasteiger partial charge in [-0.2, -0.15) is 0 Å². The number of alkyl halides is 1. The Kier molecular flexibility index (Phi) is 3.84. The maximum absolute atomic E-state index is 9.54. The molecule has 0 saturated carbocycles. The van der Waals surface area contributed by atoms with Gasteiger partial charge in [-0.25, -0.2) is 0 Å². The number of aromatic hydroxyl groups is 2. The molecule has 1 aromatic rings. The van der Waals surface area contributed by atoms with Crippen LogP contribution in [-0.4, -0.2) is 10.2 Å². The number of phenolic OH excluding ortho intramolecular Hbond substituents is 2. The Balaban J connectivity index is 2.93. The smallest absolute Gasteiger partial charge is 0.161 e. The van der Waals surface area contributed by atoms with E-state index in [0.717, 1.165) is 18.4 Å². The lowest BCUT2D eigenvalue weighted by molar-refractivity contribution is 0.399. The zero-order chi connectivity index (χ0) is 9.84. The van der Waals surface area contributed by atoms with Gasteiger partial charge in [0.15, 0.2) is 11.5 Å². The summed E-state index contributed by atoms with van der Waals surface area (Å²) in [7, 11) is 0. The van der Waals surface area contributed by atoms with E-state index in [1.54, 1.807) is 6.07 Å². The number of hydrogen-bond donors (Lipinski definition) is 2. The van der Waals surface area contributed by atoms with E-state index in [1.165, 1.54) is 6.07 Å². The monoisotopic (exact) mass is 292 g/mol. The van der Waals surface area contributed by atoms with E-state index in [-0.39, 0.29) is 15.4 Å². The van der Waals surface area contributed by atoms with E-state index in [0.29, 0.717) is 0 Å². The summed E-state index contributed by atoms with van der Waals surface area (Å²) in [6.07, 6.45) is 2.08. The van der Waals surface area contributed by atoms with Crippen molar-refractivity contribution in [2.45, 2.75) is 23.7 Å². The fourth-order valence-corrected chi connectivity index (χ4v) is 2.34. The van der Waals surface area contributed by atoms with Crippen LogP contribution in [0.3, 0.4) is 0 Å². The molecule has 0 bridgehead atoms. The van der Waals surface area contributed by atoms with Gasteiger partial charge < -0.3 is 10.2 Å². The Morgan fingerprint density at radius 1 is 1.38 bits per heavy atom. The Labute approximate surface area is 91.7 Å². The largest absolute Gasteiger partial charge is 0.504 e. The van der Waals surface area contributed by atoms with Crippen LogP contribution in [0.15, 0.2) is 18.2 Å². The van der Waals surface area contributed by atoms with Crippen molar-refractivity contribution in [1.82, 2.24) is 0 Å². The van der Waals surface area contributed by atoms with Crippen LogP contribution in [0.2, 0.25) is 0 Å². The Hall–Kier alpha value is -0.450. The van der Waals surface area contributed by atoms with Crippen LogP contribution < -0.4 is 0 Å². The second-order valence-corrected chi connectivity index (χ2v) is 4.47. The summed E-state index contributed by atoms with van der Waals surface area (Å²) in [6.45, 7) is 2.10. The molecule has 0 saturated heterocycles. The molecule has 0 spiro atoms. The quantitative estimate of drug-likeness (QED) is 0.509. The first-order valence-corrected chi connectivity index (χ1v) is 5.56. The van der Waals surface area contributed by atoms with Crippen molar-refractivity contribution >= 4 is 22.6 Å². The van der Waals surface area contributed by atoms with Crippen LogP contribution in [0.4, 0.5) is 0 Å². The number of phenols is 2. The normalized spacial score (nSPS) is 12.8. The highest BCUT2D eigenvalue weighted by Gasteiger charge is 2.12. The molecule has 2 nitrogen and oxygen atoms in total. The van der Waals surface area contributed by atoms with Crippen molar-refractivity contribution in [3.05, 3.63) is 23.8 Å². The van der Waals surface area contributed by atoms with E-state index in [1.807, 2.05) is 6.07 Å². The first-order chi connectivity index (χ1) is 6.16. The Morgan fingerprint density at radius 2 is 2.08 bits per heavy atom. The second kappa shape index (κ2) is 4.69. The zero-order valence-corrected chi connectivity index (χ0v) is 9.65. The minimum absolute atomic E-state index is 0.0235. The summed E-state index contributed by atoms with van der Waals surface area (Å²) >= 11 is 2.28. The average Bonchev–Trinajstić information content (AvgIpc) is 2.10. The van der Waals surface area contributed by atoms with Gasteiger partial charge in [-0.15, -0.1) is 0 Å². The molecule has 1 atom stereocenters. The summed E-state index contributed by atoms with van der Waals surface area (Å²) in [5, 5.41) is 18.8. The van der Waals surface area contributed by atoms with Gasteiger partial charge in [-0.05, 0) is 12.5 Å². The molecule has 3 heteroatoms. The van der Waals surface area contributed by atoms with E-state index in [2.05, 4.69) is 29.5 Å². The third-order valence-electron chi connectivity index (χ3n) is 1.93. The van der Waals surface area contributed by atoms with Gasteiger partial charge in [0, 0.05) is 9.49 Å². The van der Waals surface area contributed by atoms with Crippen molar-refractivity contribution in [3.63, 3.8) is 0 Å². The zero-order valence-electron chi connectivity index (χ0n) is 7.50. The molecule has 2 N–H and O–H groups in total. The van der Waals surface area contributed by atoms with Crippen molar-refractivity contribution in [2.75, 3.05) is 0 Å². The standard InChI is InChI=1S/C10H13IO2/c1-2-4-8(11)7-5-3-6-9(12)10(7)13/h3,5-6,8,12-13H,2,4H2,1H3. The van der Waals surface area contributed by atoms with Gasteiger partial charge >= 0.3 is 0 Å². The number of para-hydroxylation sites is 1. The van der Waals surface area contributed by atoms with Crippen LogP contribution in [0.25, 0.3) is 0 Å². The average molecular weight is 292 g/mol. The molecule has 0 heterocycles. The van der Waals surface area contributed by atoms with E-state index >= 15 is 0 Å². The van der Waals surface area contributed by atoms with Gasteiger partial charge in [0.1, 0.15) is 0 Å². The number of hydrogen-bond acceptors (Lipinski definition) is 2. The minimum atomic E-state index is -0.0322. The first-order valence-electron chi connectivity index (χ1n) is 4.31. The summed E-state index contributed by atoms with van der Waals surface area (Å²) in [6, 6.07) is 5.10. The van der Waals surface area contributed by atoms with E-state index in [9.17, 15) is 10.2 Å². The van der Waals surface area contributed by atoms with Crippen molar-refractivity contribution < 1.29 is 10.2 Å². The van der Waals surface area contributed by atoms with Gasteiger partial charge in [0.05, 0.1) is 0 Å². The molecule has 0 aliphatic carbocycles. The first kappa shape index (κ1) is 10.6. The SMILES string of the molecule is CCCC(I)c1cccc(O)c1O. The molecule has 0 aliphatic heterocycles. The summed E-state index contributed by atoms with van der Waals surface area (Å²) in [5.41, 5.74) is 0.822.